The largest absolute Gasteiger partial charge is 0.507 e. The second-order valence-electron chi connectivity index (χ2n) is 6.23. The number of phenolic OH excluding ortho intramolecular Hbond substituents is 1. The molecular formula is C19H16N4O4. The molecule has 0 bridgehead atoms. The fraction of sp³-hybridized carbons (Fsp3) is 0.158. The molecule has 0 saturated carbocycles. The molecule has 0 atom stereocenters. The lowest BCUT2D eigenvalue weighted by atomic mass is 10.1. The summed E-state index contributed by atoms with van der Waals surface area (Å²) in [7, 11) is 1.62. The Labute approximate surface area is 153 Å². The summed E-state index contributed by atoms with van der Waals surface area (Å²) in [5, 5.41) is 18.4. The maximum Gasteiger partial charge on any atom is 0.342 e. The van der Waals surface area contributed by atoms with Crippen LogP contribution in [0, 0.1) is 6.92 Å². The lowest BCUT2D eigenvalue weighted by molar-refractivity contribution is 0.0458. The molecule has 8 heteroatoms. The molecule has 0 aliphatic carbocycles. The highest BCUT2D eigenvalue weighted by Crippen LogP contribution is 2.19. The van der Waals surface area contributed by atoms with Crippen LogP contribution in [0.5, 0.6) is 5.75 Å². The second kappa shape index (κ2) is 6.24. The van der Waals surface area contributed by atoms with Crippen molar-refractivity contribution < 1.29 is 14.6 Å². The van der Waals surface area contributed by atoms with Crippen LogP contribution in [0.15, 0.2) is 47.3 Å². The summed E-state index contributed by atoms with van der Waals surface area (Å²) in [5.41, 5.74) is 1.49. The van der Waals surface area contributed by atoms with Crippen LogP contribution in [0.1, 0.15) is 21.7 Å². The van der Waals surface area contributed by atoms with Crippen molar-refractivity contribution in [3.8, 4) is 5.75 Å². The Morgan fingerprint density at radius 1 is 1.19 bits per heavy atom. The molecule has 2 aromatic carbocycles. The number of ether oxygens (including phenoxy) is 1. The summed E-state index contributed by atoms with van der Waals surface area (Å²) in [5.74, 6) is -0.102. The van der Waals surface area contributed by atoms with Gasteiger partial charge >= 0.3 is 5.97 Å². The summed E-state index contributed by atoms with van der Waals surface area (Å²) < 4.78 is 8.39. The summed E-state index contributed by atoms with van der Waals surface area (Å²) >= 11 is 0. The van der Waals surface area contributed by atoms with Gasteiger partial charge in [-0.2, -0.15) is 0 Å². The second-order valence-corrected chi connectivity index (χ2v) is 6.23. The zero-order chi connectivity index (χ0) is 19.1. The van der Waals surface area contributed by atoms with Gasteiger partial charge < -0.3 is 9.84 Å². The van der Waals surface area contributed by atoms with Gasteiger partial charge in [0.25, 0.3) is 5.56 Å². The number of carbonyl (C=O) groups is 1. The number of nitrogens with zero attached hydrogens (tertiary/aromatic N) is 4. The summed E-state index contributed by atoms with van der Waals surface area (Å²) in [6.45, 7) is 1.75. The number of carbonyl (C=O) groups excluding carboxylic acids is 1. The third-order valence-electron chi connectivity index (χ3n) is 4.40. The SMILES string of the molecule is Cc1ccc2c(c1)c(=O)n(C)c1nnc(COC(=O)c3ccccc3O)n21. The molecule has 0 aliphatic heterocycles. The van der Waals surface area contributed by atoms with E-state index in [2.05, 4.69) is 10.2 Å². The Kier molecular flexibility index (Phi) is 3.88. The third-order valence-corrected chi connectivity index (χ3v) is 4.40. The number of fused-ring (bicyclic) bond motifs is 3. The number of aromatic hydroxyl groups is 1. The first kappa shape index (κ1) is 16.8. The Hall–Kier alpha value is -3.68. The monoisotopic (exact) mass is 364 g/mol. The number of phenols is 1. The molecule has 1 N–H and O–H groups in total. The van der Waals surface area contributed by atoms with E-state index in [1.54, 1.807) is 29.6 Å². The first-order valence-electron chi connectivity index (χ1n) is 8.26. The molecule has 8 nitrogen and oxygen atoms in total. The molecule has 0 saturated heterocycles. The van der Waals surface area contributed by atoms with Crippen LogP contribution in [0.2, 0.25) is 0 Å². The van der Waals surface area contributed by atoms with E-state index in [1.807, 2.05) is 19.1 Å². The van der Waals surface area contributed by atoms with Crippen LogP contribution in [0.25, 0.3) is 16.7 Å². The van der Waals surface area contributed by atoms with E-state index < -0.39 is 5.97 Å². The predicted octanol–water partition coefficient (Wildman–Crippen LogP) is 1.95. The standard InChI is InChI=1S/C19H16N4O4/c1-11-7-8-14-13(9-11)17(25)22(2)19-21-20-16(23(14)19)10-27-18(26)12-5-3-4-6-15(12)24/h3-9,24H,10H2,1-2H3. The van der Waals surface area contributed by atoms with Crippen molar-refractivity contribution in [2.24, 2.45) is 7.05 Å². The molecular weight excluding hydrogens is 348 g/mol. The predicted molar refractivity (Wildman–Crippen MR) is 97.7 cm³/mol. The highest BCUT2D eigenvalue weighted by molar-refractivity contribution is 5.92. The van der Waals surface area contributed by atoms with Gasteiger partial charge in [-0.25, -0.2) is 4.79 Å². The number of para-hydroxylation sites is 1. The number of hydrogen-bond donors (Lipinski definition) is 1. The van der Waals surface area contributed by atoms with E-state index in [0.717, 1.165) is 5.56 Å². The van der Waals surface area contributed by atoms with Crippen molar-refractivity contribution in [2.45, 2.75) is 13.5 Å². The topological polar surface area (TPSA) is 98.7 Å². The van der Waals surface area contributed by atoms with E-state index in [-0.39, 0.29) is 23.5 Å². The van der Waals surface area contributed by atoms with Gasteiger partial charge in [0.2, 0.25) is 5.78 Å². The molecule has 27 heavy (non-hydrogen) atoms. The van der Waals surface area contributed by atoms with Gasteiger partial charge in [0, 0.05) is 7.05 Å². The van der Waals surface area contributed by atoms with Crippen LogP contribution in [-0.2, 0) is 18.4 Å². The number of benzene rings is 2. The van der Waals surface area contributed by atoms with Crippen LogP contribution in [0.4, 0.5) is 0 Å². The van der Waals surface area contributed by atoms with Gasteiger partial charge in [0.15, 0.2) is 12.4 Å². The average Bonchev–Trinajstić information content (AvgIpc) is 3.08. The molecule has 0 amide bonds. The number of aryl methyl sites for hydroxylation is 2. The summed E-state index contributed by atoms with van der Waals surface area (Å²) in [4.78, 5) is 24.8. The number of hydrogen-bond acceptors (Lipinski definition) is 6. The lowest BCUT2D eigenvalue weighted by Crippen LogP contribution is -2.20. The minimum Gasteiger partial charge on any atom is -0.507 e. The first-order valence-corrected chi connectivity index (χ1v) is 8.26. The van der Waals surface area contributed by atoms with Gasteiger partial charge in [0.05, 0.1) is 10.9 Å². The van der Waals surface area contributed by atoms with Crippen molar-refractivity contribution in [3.05, 3.63) is 69.8 Å². The van der Waals surface area contributed by atoms with Crippen LogP contribution >= 0.6 is 0 Å². The lowest BCUT2D eigenvalue weighted by Gasteiger charge is -2.09. The molecule has 136 valence electrons. The quantitative estimate of drug-likeness (QED) is 0.558. The van der Waals surface area contributed by atoms with Crippen molar-refractivity contribution in [1.29, 1.82) is 0 Å². The fourth-order valence-corrected chi connectivity index (χ4v) is 3.01. The van der Waals surface area contributed by atoms with Gasteiger partial charge in [-0.15, -0.1) is 10.2 Å². The maximum absolute atomic E-state index is 12.6. The zero-order valence-electron chi connectivity index (χ0n) is 14.7. The molecule has 0 unspecified atom stereocenters. The van der Waals surface area contributed by atoms with Crippen molar-refractivity contribution in [3.63, 3.8) is 0 Å². The highest BCUT2D eigenvalue weighted by Gasteiger charge is 2.17. The molecule has 0 fully saturated rings. The average molecular weight is 364 g/mol. The highest BCUT2D eigenvalue weighted by atomic mass is 16.5. The van der Waals surface area contributed by atoms with Crippen molar-refractivity contribution in [1.82, 2.24) is 19.2 Å². The minimum atomic E-state index is -0.671. The number of aromatic nitrogens is 4. The Bertz CT molecular complexity index is 1260. The van der Waals surface area contributed by atoms with Crippen molar-refractivity contribution >= 4 is 22.6 Å². The number of esters is 1. The molecule has 0 aliphatic rings. The van der Waals surface area contributed by atoms with Gasteiger partial charge in [-0.05, 0) is 31.2 Å². The maximum atomic E-state index is 12.6. The van der Waals surface area contributed by atoms with E-state index >= 15 is 0 Å². The van der Waals surface area contributed by atoms with Crippen LogP contribution in [-0.4, -0.2) is 30.2 Å². The smallest absolute Gasteiger partial charge is 0.342 e. The Balaban J connectivity index is 1.77. The summed E-state index contributed by atoms with van der Waals surface area (Å²) in [6, 6.07) is 11.6. The van der Waals surface area contributed by atoms with Gasteiger partial charge in [0.1, 0.15) is 11.3 Å². The zero-order valence-corrected chi connectivity index (χ0v) is 14.7. The normalized spacial score (nSPS) is 11.2. The third kappa shape index (κ3) is 2.71. The van der Waals surface area contributed by atoms with Crippen molar-refractivity contribution in [2.75, 3.05) is 0 Å². The van der Waals surface area contributed by atoms with E-state index in [1.165, 1.54) is 16.7 Å². The molecule has 0 spiro atoms. The summed E-state index contributed by atoms with van der Waals surface area (Å²) in [6.07, 6.45) is 0. The molecule has 4 rings (SSSR count). The minimum absolute atomic E-state index is 0.0687. The molecule has 0 radical (unpaired) electrons. The van der Waals surface area contributed by atoms with E-state index in [9.17, 15) is 14.7 Å². The van der Waals surface area contributed by atoms with Gasteiger partial charge in [-0.3, -0.25) is 13.8 Å². The molecule has 2 aromatic heterocycles. The van der Waals surface area contributed by atoms with Crippen LogP contribution < -0.4 is 5.56 Å². The Morgan fingerprint density at radius 2 is 1.96 bits per heavy atom. The van der Waals surface area contributed by atoms with E-state index in [0.29, 0.717) is 22.5 Å². The molecule has 2 heterocycles. The van der Waals surface area contributed by atoms with Gasteiger partial charge in [-0.1, -0.05) is 23.8 Å². The first-order chi connectivity index (χ1) is 13.0. The molecule has 4 aromatic rings. The van der Waals surface area contributed by atoms with E-state index in [4.69, 9.17) is 4.74 Å². The van der Waals surface area contributed by atoms with Crippen LogP contribution in [0.3, 0.4) is 0 Å². The number of rotatable bonds is 3. The Morgan fingerprint density at radius 3 is 2.74 bits per heavy atom. The fourth-order valence-electron chi connectivity index (χ4n) is 3.01.